The van der Waals surface area contributed by atoms with E-state index in [1.165, 1.54) is 11.7 Å². The predicted molar refractivity (Wildman–Crippen MR) is 135 cm³/mol. The van der Waals surface area contributed by atoms with E-state index in [-0.39, 0.29) is 47.1 Å². The molecule has 1 aliphatic rings. The monoisotopic (exact) mass is 472 g/mol. The SMILES string of the molecule is COc1c(C(=O)NC2CCCC(N)C2)[nH]c2c1c(=O)n(CC(=O)c1ccccc1)c1ccccc21. The lowest BCUT2D eigenvalue weighted by Crippen LogP contribution is -2.42. The Balaban J connectivity index is 1.62. The molecule has 1 aliphatic carbocycles. The van der Waals surface area contributed by atoms with Gasteiger partial charge in [0.2, 0.25) is 0 Å². The Hall–Kier alpha value is -3.91. The molecule has 2 unspecified atom stereocenters. The van der Waals surface area contributed by atoms with Crippen molar-refractivity contribution in [2.45, 2.75) is 44.3 Å². The fourth-order valence-electron chi connectivity index (χ4n) is 5.05. The normalized spacial score (nSPS) is 18.0. The Kier molecular flexibility index (Phi) is 6.13. The van der Waals surface area contributed by atoms with Crippen molar-refractivity contribution in [3.8, 4) is 5.75 Å². The second kappa shape index (κ2) is 9.38. The van der Waals surface area contributed by atoms with Gasteiger partial charge in [-0.15, -0.1) is 0 Å². The Morgan fingerprint density at radius 3 is 2.60 bits per heavy atom. The molecular weight excluding hydrogens is 444 g/mol. The summed E-state index contributed by atoms with van der Waals surface area (Å²) in [5.41, 5.74) is 7.51. The minimum Gasteiger partial charge on any atom is -0.493 e. The first-order valence-corrected chi connectivity index (χ1v) is 11.8. The van der Waals surface area contributed by atoms with Gasteiger partial charge >= 0.3 is 0 Å². The van der Waals surface area contributed by atoms with E-state index in [9.17, 15) is 14.4 Å². The Labute approximate surface area is 202 Å². The molecule has 2 atom stereocenters. The number of nitrogens with two attached hydrogens (primary N) is 1. The fourth-order valence-corrected chi connectivity index (χ4v) is 5.05. The summed E-state index contributed by atoms with van der Waals surface area (Å²) in [6.45, 7) is -0.130. The van der Waals surface area contributed by atoms with Crippen LogP contribution in [0.15, 0.2) is 59.4 Å². The number of ketones is 1. The van der Waals surface area contributed by atoms with Gasteiger partial charge in [0.1, 0.15) is 11.1 Å². The van der Waals surface area contributed by atoms with Gasteiger partial charge in [-0.2, -0.15) is 0 Å². The number of ether oxygens (including phenoxy) is 1. The third-order valence-electron chi connectivity index (χ3n) is 6.76. The zero-order valence-corrected chi connectivity index (χ0v) is 19.5. The quantitative estimate of drug-likeness (QED) is 0.372. The molecule has 2 aromatic carbocycles. The summed E-state index contributed by atoms with van der Waals surface area (Å²) in [5, 5.41) is 4.01. The second-order valence-electron chi connectivity index (χ2n) is 9.08. The van der Waals surface area contributed by atoms with Crippen molar-refractivity contribution in [2.24, 2.45) is 5.73 Å². The number of carbonyl (C=O) groups excluding carboxylic acids is 2. The number of para-hydroxylation sites is 1. The molecule has 0 saturated heterocycles. The van der Waals surface area contributed by atoms with Gasteiger partial charge in [0.05, 0.1) is 24.7 Å². The molecule has 4 N–H and O–H groups in total. The fraction of sp³-hybridized carbons (Fsp3) is 0.296. The van der Waals surface area contributed by atoms with Gasteiger partial charge < -0.3 is 20.8 Å². The van der Waals surface area contributed by atoms with Crippen molar-refractivity contribution >= 4 is 33.5 Å². The number of methoxy groups -OCH3 is 1. The van der Waals surface area contributed by atoms with Crippen LogP contribution in [0.1, 0.15) is 46.5 Å². The molecule has 35 heavy (non-hydrogen) atoms. The summed E-state index contributed by atoms with van der Waals surface area (Å²) < 4.78 is 7.04. The smallest absolute Gasteiger partial charge is 0.271 e. The molecule has 8 nitrogen and oxygen atoms in total. The highest BCUT2D eigenvalue weighted by atomic mass is 16.5. The number of nitrogens with one attached hydrogen (secondary N) is 2. The number of hydrogen-bond donors (Lipinski definition) is 3. The maximum Gasteiger partial charge on any atom is 0.271 e. The first-order chi connectivity index (χ1) is 17.0. The van der Waals surface area contributed by atoms with Crippen LogP contribution in [0.2, 0.25) is 0 Å². The number of aromatic amines is 1. The van der Waals surface area contributed by atoms with Crippen LogP contribution >= 0.6 is 0 Å². The zero-order valence-electron chi connectivity index (χ0n) is 19.5. The van der Waals surface area contributed by atoms with Gasteiger partial charge in [-0.1, -0.05) is 48.5 Å². The summed E-state index contributed by atoms with van der Waals surface area (Å²) in [5.74, 6) is -0.347. The highest BCUT2D eigenvalue weighted by Gasteiger charge is 2.27. The molecule has 1 amide bonds. The average Bonchev–Trinajstić information content (AvgIpc) is 3.27. The third kappa shape index (κ3) is 4.21. The van der Waals surface area contributed by atoms with E-state index < -0.39 is 5.56 Å². The van der Waals surface area contributed by atoms with E-state index in [0.717, 1.165) is 24.6 Å². The number of nitrogens with zero attached hydrogens (tertiary/aromatic N) is 1. The number of rotatable bonds is 6. The van der Waals surface area contributed by atoms with Crippen LogP contribution in [0.4, 0.5) is 0 Å². The van der Waals surface area contributed by atoms with Crippen LogP contribution in [0, 0.1) is 0 Å². The molecule has 0 spiro atoms. The standard InChI is InChI=1S/C27H28N4O4/c1-35-25-22-23(30-24(25)26(33)29-18-11-7-10-17(28)14-18)19-12-5-6-13-20(19)31(27(22)34)15-21(32)16-8-3-2-4-9-16/h2-6,8-9,12-13,17-18,30H,7,10-11,14-15,28H2,1H3,(H,29,33). The van der Waals surface area contributed by atoms with Crippen LogP contribution < -0.4 is 21.3 Å². The maximum atomic E-state index is 13.7. The Bertz CT molecular complexity index is 1470. The summed E-state index contributed by atoms with van der Waals surface area (Å²) in [4.78, 5) is 43.1. The molecular formula is C27H28N4O4. The minimum absolute atomic E-state index is 0.0285. The summed E-state index contributed by atoms with van der Waals surface area (Å²) in [7, 11) is 1.43. The van der Waals surface area contributed by atoms with Crippen molar-refractivity contribution < 1.29 is 14.3 Å². The van der Waals surface area contributed by atoms with Gasteiger partial charge in [-0.25, -0.2) is 0 Å². The molecule has 1 fully saturated rings. The van der Waals surface area contributed by atoms with E-state index in [1.807, 2.05) is 24.3 Å². The summed E-state index contributed by atoms with van der Waals surface area (Å²) >= 11 is 0. The van der Waals surface area contributed by atoms with E-state index >= 15 is 0 Å². The van der Waals surface area contributed by atoms with Crippen LogP contribution in [-0.2, 0) is 6.54 Å². The summed E-state index contributed by atoms with van der Waals surface area (Å²) in [6.07, 6.45) is 3.49. The lowest BCUT2D eigenvalue weighted by Gasteiger charge is -2.27. The molecule has 8 heteroatoms. The number of fused-ring (bicyclic) bond motifs is 3. The first-order valence-electron chi connectivity index (χ1n) is 11.8. The van der Waals surface area contributed by atoms with E-state index in [1.54, 1.807) is 30.3 Å². The lowest BCUT2D eigenvalue weighted by atomic mass is 9.91. The minimum atomic E-state index is -0.394. The average molecular weight is 473 g/mol. The summed E-state index contributed by atoms with van der Waals surface area (Å²) in [6, 6.07) is 16.2. The van der Waals surface area contributed by atoms with Gasteiger partial charge in [0.15, 0.2) is 11.5 Å². The van der Waals surface area contributed by atoms with Gasteiger partial charge in [-0.05, 0) is 31.7 Å². The maximum absolute atomic E-state index is 13.7. The molecule has 180 valence electrons. The molecule has 5 rings (SSSR count). The topological polar surface area (TPSA) is 119 Å². The van der Waals surface area contributed by atoms with Gasteiger partial charge in [0.25, 0.3) is 11.5 Å². The van der Waals surface area contributed by atoms with Crippen molar-refractivity contribution in [3.63, 3.8) is 0 Å². The largest absolute Gasteiger partial charge is 0.493 e. The molecule has 0 radical (unpaired) electrons. The Morgan fingerprint density at radius 1 is 1.11 bits per heavy atom. The number of hydrogen-bond acceptors (Lipinski definition) is 5. The van der Waals surface area contributed by atoms with E-state index in [2.05, 4.69) is 10.3 Å². The first kappa shape index (κ1) is 22.9. The van der Waals surface area contributed by atoms with Crippen molar-refractivity contribution in [3.05, 3.63) is 76.2 Å². The van der Waals surface area contributed by atoms with Crippen molar-refractivity contribution in [1.82, 2.24) is 14.9 Å². The molecule has 0 aliphatic heterocycles. The van der Waals surface area contributed by atoms with Gasteiger partial charge in [-0.3, -0.25) is 19.0 Å². The second-order valence-corrected chi connectivity index (χ2v) is 9.08. The number of pyridine rings is 1. The zero-order chi connectivity index (χ0) is 24.5. The number of H-pyrrole nitrogens is 1. The van der Waals surface area contributed by atoms with Crippen molar-refractivity contribution in [2.75, 3.05) is 7.11 Å². The van der Waals surface area contributed by atoms with E-state index in [0.29, 0.717) is 23.0 Å². The highest BCUT2D eigenvalue weighted by Crippen LogP contribution is 2.32. The van der Waals surface area contributed by atoms with Crippen LogP contribution in [0.25, 0.3) is 21.8 Å². The van der Waals surface area contributed by atoms with Crippen molar-refractivity contribution in [1.29, 1.82) is 0 Å². The van der Waals surface area contributed by atoms with Crippen LogP contribution in [0.3, 0.4) is 0 Å². The molecule has 1 saturated carbocycles. The van der Waals surface area contributed by atoms with E-state index in [4.69, 9.17) is 10.5 Å². The van der Waals surface area contributed by atoms with Crippen LogP contribution in [0.5, 0.6) is 5.75 Å². The Morgan fingerprint density at radius 2 is 1.86 bits per heavy atom. The molecule has 2 heterocycles. The number of carbonyl (C=O) groups is 2. The number of aromatic nitrogens is 2. The third-order valence-corrected chi connectivity index (χ3v) is 6.76. The lowest BCUT2D eigenvalue weighted by molar-refractivity contribution is 0.0917. The number of Topliss-reactive ketones (excluding diaryl/α,β-unsaturated/α-hetero) is 1. The number of benzene rings is 2. The number of amides is 1. The molecule has 0 bridgehead atoms. The predicted octanol–water partition coefficient (Wildman–Crippen LogP) is 3.37. The highest BCUT2D eigenvalue weighted by molar-refractivity contribution is 6.11. The molecule has 2 aromatic heterocycles. The molecule has 4 aromatic rings. The van der Waals surface area contributed by atoms with Crippen LogP contribution in [-0.4, -0.2) is 40.4 Å². The van der Waals surface area contributed by atoms with Gasteiger partial charge in [0, 0.05) is 23.0 Å².